The van der Waals surface area contributed by atoms with Gasteiger partial charge in [-0.25, -0.2) is 0 Å². The van der Waals surface area contributed by atoms with Crippen molar-refractivity contribution in [3.63, 3.8) is 0 Å². The molecule has 2 aromatic rings. The fraction of sp³-hybridized carbons (Fsp3) is 0.214. The highest BCUT2D eigenvalue weighted by molar-refractivity contribution is 5.64. The van der Waals surface area contributed by atoms with Crippen molar-refractivity contribution >= 4 is 17.1 Å². The molecular weight excluding hydrogens is 256 g/mol. The van der Waals surface area contributed by atoms with Crippen molar-refractivity contribution in [3.05, 3.63) is 58.4 Å². The Morgan fingerprint density at radius 2 is 2.00 bits per heavy atom. The molecule has 0 unspecified atom stereocenters. The van der Waals surface area contributed by atoms with E-state index >= 15 is 0 Å². The van der Waals surface area contributed by atoms with Crippen molar-refractivity contribution in [1.29, 1.82) is 0 Å². The zero-order valence-electron chi connectivity index (χ0n) is 11.4. The normalized spacial score (nSPS) is 10.1. The molecule has 0 atom stereocenters. The first-order chi connectivity index (χ1) is 9.60. The number of nitrogens with zero attached hydrogens (tertiary/aromatic N) is 3. The average Bonchev–Trinajstić information content (AvgIpc) is 2.47. The van der Waals surface area contributed by atoms with E-state index in [0.29, 0.717) is 6.54 Å². The molecule has 6 heteroatoms. The predicted molar refractivity (Wildman–Crippen MR) is 79.0 cm³/mol. The van der Waals surface area contributed by atoms with E-state index in [1.165, 1.54) is 6.07 Å². The Bertz CT molecular complexity index is 601. The SMILES string of the molecule is CNc1cc(N(C)Cc2ccncc2)cc([N+](=O)[O-])c1. The highest BCUT2D eigenvalue weighted by Gasteiger charge is 2.12. The first-order valence-corrected chi connectivity index (χ1v) is 6.17. The number of benzene rings is 1. The average molecular weight is 272 g/mol. The van der Waals surface area contributed by atoms with Gasteiger partial charge in [0, 0.05) is 56.5 Å². The van der Waals surface area contributed by atoms with E-state index in [9.17, 15) is 10.1 Å². The van der Waals surface area contributed by atoms with Crippen LogP contribution in [0.5, 0.6) is 0 Å². The van der Waals surface area contributed by atoms with Gasteiger partial charge >= 0.3 is 0 Å². The largest absolute Gasteiger partial charge is 0.388 e. The van der Waals surface area contributed by atoms with E-state index in [0.717, 1.165) is 16.9 Å². The molecule has 1 heterocycles. The van der Waals surface area contributed by atoms with Crippen LogP contribution in [0, 0.1) is 10.1 Å². The molecule has 20 heavy (non-hydrogen) atoms. The number of nitrogens with one attached hydrogen (secondary N) is 1. The molecule has 2 rings (SSSR count). The van der Waals surface area contributed by atoms with Gasteiger partial charge in [0.2, 0.25) is 0 Å². The molecule has 6 nitrogen and oxygen atoms in total. The Labute approximate surface area is 117 Å². The molecule has 1 N–H and O–H groups in total. The molecule has 0 bridgehead atoms. The molecule has 0 aliphatic rings. The summed E-state index contributed by atoms with van der Waals surface area (Å²) < 4.78 is 0. The number of nitro benzene ring substituents is 1. The van der Waals surface area contributed by atoms with Crippen LogP contribution >= 0.6 is 0 Å². The zero-order chi connectivity index (χ0) is 14.5. The molecule has 0 aliphatic carbocycles. The van der Waals surface area contributed by atoms with E-state index in [1.807, 2.05) is 30.1 Å². The van der Waals surface area contributed by atoms with E-state index < -0.39 is 0 Å². The first-order valence-electron chi connectivity index (χ1n) is 6.17. The van der Waals surface area contributed by atoms with Crippen LogP contribution in [0.1, 0.15) is 5.56 Å². The van der Waals surface area contributed by atoms with Gasteiger partial charge in [-0.05, 0) is 23.8 Å². The number of nitro groups is 1. The molecule has 0 fully saturated rings. The third-order valence-corrected chi connectivity index (χ3v) is 3.01. The van der Waals surface area contributed by atoms with Crippen molar-refractivity contribution in [2.24, 2.45) is 0 Å². The van der Waals surface area contributed by atoms with Crippen LogP contribution in [-0.2, 0) is 6.54 Å². The van der Waals surface area contributed by atoms with Crippen LogP contribution < -0.4 is 10.2 Å². The standard InChI is InChI=1S/C14H16N4O2/c1-15-12-7-13(9-14(8-12)18(19)20)17(2)10-11-3-5-16-6-4-11/h3-9,15H,10H2,1-2H3. The highest BCUT2D eigenvalue weighted by Crippen LogP contribution is 2.27. The quantitative estimate of drug-likeness (QED) is 0.669. The second-order valence-electron chi connectivity index (χ2n) is 4.46. The molecule has 0 saturated carbocycles. The first kappa shape index (κ1) is 13.8. The Balaban J connectivity index is 2.27. The van der Waals surface area contributed by atoms with Gasteiger partial charge in [-0.2, -0.15) is 0 Å². The highest BCUT2D eigenvalue weighted by atomic mass is 16.6. The summed E-state index contributed by atoms with van der Waals surface area (Å²) in [6.07, 6.45) is 3.46. The summed E-state index contributed by atoms with van der Waals surface area (Å²) in [4.78, 5) is 16.5. The summed E-state index contributed by atoms with van der Waals surface area (Å²) in [6.45, 7) is 0.660. The molecule has 104 valence electrons. The van der Waals surface area contributed by atoms with Gasteiger partial charge in [0.05, 0.1) is 4.92 Å². The van der Waals surface area contributed by atoms with Gasteiger partial charge in [-0.1, -0.05) is 0 Å². The minimum Gasteiger partial charge on any atom is -0.388 e. The van der Waals surface area contributed by atoms with Gasteiger partial charge in [0.15, 0.2) is 0 Å². The number of non-ortho nitro benzene ring substituents is 1. The summed E-state index contributed by atoms with van der Waals surface area (Å²) in [5, 5.41) is 13.9. The molecular formula is C14H16N4O2. The molecule has 0 aliphatic heterocycles. The number of rotatable bonds is 5. The van der Waals surface area contributed by atoms with Crippen LogP contribution in [0.25, 0.3) is 0 Å². The third kappa shape index (κ3) is 3.23. The molecule has 0 amide bonds. The van der Waals surface area contributed by atoms with Gasteiger partial charge in [-0.15, -0.1) is 0 Å². The van der Waals surface area contributed by atoms with Crippen molar-refractivity contribution in [1.82, 2.24) is 4.98 Å². The maximum absolute atomic E-state index is 11.0. The number of pyridine rings is 1. The van der Waals surface area contributed by atoms with Crippen molar-refractivity contribution in [2.75, 3.05) is 24.3 Å². The fourth-order valence-electron chi connectivity index (χ4n) is 1.92. The minimum atomic E-state index is -0.384. The van der Waals surface area contributed by atoms with E-state index in [1.54, 1.807) is 25.5 Å². The molecule has 0 spiro atoms. The lowest BCUT2D eigenvalue weighted by molar-refractivity contribution is -0.384. The second kappa shape index (κ2) is 6.01. The van der Waals surface area contributed by atoms with Crippen LogP contribution in [0.3, 0.4) is 0 Å². The summed E-state index contributed by atoms with van der Waals surface area (Å²) in [5.74, 6) is 0. The van der Waals surface area contributed by atoms with Crippen molar-refractivity contribution in [3.8, 4) is 0 Å². The number of hydrogen-bond acceptors (Lipinski definition) is 5. The van der Waals surface area contributed by atoms with E-state index in [-0.39, 0.29) is 10.6 Å². The zero-order valence-corrected chi connectivity index (χ0v) is 11.4. The summed E-state index contributed by atoms with van der Waals surface area (Å²) in [5.41, 5.74) is 2.68. The Morgan fingerprint density at radius 1 is 1.30 bits per heavy atom. The Hall–Kier alpha value is -2.63. The van der Waals surface area contributed by atoms with Crippen LogP contribution in [-0.4, -0.2) is 24.0 Å². The summed E-state index contributed by atoms with van der Waals surface area (Å²) in [7, 11) is 3.64. The maximum atomic E-state index is 11.0. The van der Waals surface area contributed by atoms with Crippen molar-refractivity contribution in [2.45, 2.75) is 6.54 Å². The number of anilines is 2. The van der Waals surface area contributed by atoms with Crippen LogP contribution in [0.2, 0.25) is 0 Å². The van der Waals surface area contributed by atoms with E-state index in [2.05, 4.69) is 10.3 Å². The molecule has 0 radical (unpaired) electrons. The Kier molecular flexibility index (Phi) is 4.14. The lowest BCUT2D eigenvalue weighted by Gasteiger charge is -2.20. The van der Waals surface area contributed by atoms with Gasteiger partial charge in [0.1, 0.15) is 0 Å². The van der Waals surface area contributed by atoms with Crippen LogP contribution in [0.15, 0.2) is 42.7 Å². The second-order valence-corrected chi connectivity index (χ2v) is 4.46. The number of aromatic nitrogens is 1. The van der Waals surface area contributed by atoms with Gasteiger partial charge < -0.3 is 10.2 Å². The minimum absolute atomic E-state index is 0.0772. The molecule has 1 aromatic heterocycles. The lowest BCUT2D eigenvalue weighted by atomic mass is 10.2. The summed E-state index contributed by atoms with van der Waals surface area (Å²) in [6, 6.07) is 8.82. The van der Waals surface area contributed by atoms with Gasteiger partial charge in [-0.3, -0.25) is 15.1 Å². The molecule has 1 aromatic carbocycles. The molecule has 0 saturated heterocycles. The van der Waals surface area contributed by atoms with Crippen molar-refractivity contribution < 1.29 is 4.92 Å². The topological polar surface area (TPSA) is 71.3 Å². The van der Waals surface area contributed by atoms with Crippen LogP contribution in [0.4, 0.5) is 17.1 Å². The number of hydrogen-bond donors (Lipinski definition) is 1. The lowest BCUT2D eigenvalue weighted by Crippen LogP contribution is -2.16. The Morgan fingerprint density at radius 3 is 2.60 bits per heavy atom. The predicted octanol–water partition coefficient (Wildman–Crippen LogP) is 2.67. The summed E-state index contributed by atoms with van der Waals surface area (Å²) >= 11 is 0. The monoisotopic (exact) mass is 272 g/mol. The van der Waals surface area contributed by atoms with E-state index in [4.69, 9.17) is 0 Å². The van der Waals surface area contributed by atoms with Gasteiger partial charge in [0.25, 0.3) is 5.69 Å². The smallest absolute Gasteiger partial charge is 0.273 e. The third-order valence-electron chi connectivity index (χ3n) is 3.01. The maximum Gasteiger partial charge on any atom is 0.273 e. The fourth-order valence-corrected chi connectivity index (χ4v) is 1.92.